The number of fused-ring (bicyclic) bond motifs is 3. The van der Waals surface area contributed by atoms with Gasteiger partial charge in [-0.05, 0) is 0 Å². The van der Waals surface area contributed by atoms with Crippen LogP contribution < -0.4 is 24.8 Å². The molecule has 0 aromatic heterocycles. The molecule has 0 nitrogen and oxygen atoms in total. The molecule has 1 atom stereocenters. The summed E-state index contributed by atoms with van der Waals surface area (Å²) in [6.07, 6.45) is 13.3. The maximum absolute atomic E-state index is 2.86. The zero-order valence-corrected chi connectivity index (χ0v) is 40.2. The fourth-order valence-corrected chi connectivity index (χ4v) is 19.9. The van der Waals surface area contributed by atoms with Gasteiger partial charge in [-0.2, -0.15) is 0 Å². The van der Waals surface area contributed by atoms with Crippen LogP contribution in [0.4, 0.5) is 0 Å². The Bertz CT molecular complexity index is 2240. The van der Waals surface area contributed by atoms with Crippen LogP contribution in [0.2, 0.25) is 0 Å². The van der Waals surface area contributed by atoms with E-state index in [0.29, 0.717) is 9.54 Å². The molecule has 0 heterocycles. The predicted octanol–water partition coefficient (Wildman–Crippen LogP) is 9.37. The molecule has 1 fully saturated rings. The second kappa shape index (κ2) is 17.5. The molecule has 3 aliphatic carbocycles. The standard InChI is InChI=1S/C33H33.C13H19.C9H10.2ClH.Zr/c1-32(2,3)30-20-26-24(18-28(30)22-13-9-7-10-14-22)17-25-19-29(23-15-11-8-12-16-23)31(21-27(25)26)33(4,5)6;1-11-6-7-12(10-11)13(2)8-4-3-5-9-13;1-2-6-9-7-4-3-5-8-9;;;/h7-21H,1-6H3;7,10-11H,3-5,8-9H2,1-2H3;3-5,7-8H,2H2,1H3;2*1H;/q;;;;;+2/p-2. The maximum atomic E-state index is 2.80. The van der Waals surface area contributed by atoms with Crippen LogP contribution in [0.1, 0.15) is 132 Å². The summed E-state index contributed by atoms with van der Waals surface area (Å²) in [5.74, 6) is 0.459. The first-order valence-electron chi connectivity index (χ1n) is 21.5. The summed E-state index contributed by atoms with van der Waals surface area (Å²) >= 11 is -2.86. The number of rotatable bonds is 7. The Morgan fingerprint density at radius 1 is 0.621 bits per heavy atom. The van der Waals surface area contributed by atoms with Gasteiger partial charge >= 0.3 is 349 Å². The molecule has 0 aliphatic heterocycles. The molecule has 8 rings (SSSR count). The van der Waals surface area contributed by atoms with E-state index in [2.05, 4.69) is 190 Å². The van der Waals surface area contributed by atoms with E-state index in [1.54, 1.807) is 23.2 Å². The summed E-state index contributed by atoms with van der Waals surface area (Å²) in [7, 11) is 0. The Kier molecular flexibility index (Phi) is 13.4. The zero-order valence-electron chi connectivity index (χ0n) is 36.3. The van der Waals surface area contributed by atoms with Gasteiger partial charge in [0.05, 0.1) is 0 Å². The van der Waals surface area contributed by atoms with E-state index in [0.717, 1.165) is 6.42 Å². The van der Waals surface area contributed by atoms with E-state index < -0.39 is 21.3 Å². The molecule has 0 bridgehead atoms. The molecule has 5 aromatic carbocycles. The molecule has 58 heavy (non-hydrogen) atoms. The van der Waals surface area contributed by atoms with Crippen molar-refractivity contribution in [1.29, 1.82) is 0 Å². The van der Waals surface area contributed by atoms with Gasteiger partial charge in [0, 0.05) is 0 Å². The van der Waals surface area contributed by atoms with Crippen LogP contribution in [0.3, 0.4) is 0 Å². The summed E-state index contributed by atoms with van der Waals surface area (Å²) < 4.78 is 3.91. The van der Waals surface area contributed by atoms with Gasteiger partial charge in [-0.3, -0.25) is 0 Å². The van der Waals surface area contributed by atoms with Gasteiger partial charge in [-0.1, -0.05) is 0 Å². The van der Waals surface area contributed by atoms with Gasteiger partial charge in [0.2, 0.25) is 0 Å². The van der Waals surface area contributed by atoms with Gasteiger partial charge in [0.25, 0.3) is 0 Å². The van der Waals surface area contributed by atoms with Crippen molar-refractivity contribution in [2.45, 2.75) is 115 Å². The second-order valence-corrected chi connectivity index (χ2v) is 25.7. The van der Waals surface area contributed by atoms with E-state index in [4.69, 9.17) is 0 Å². The number of benzene rings is 5. The molecular weight excluding hydrogens is 823 g/mol. The van der Waals surface area contributed by atoms with Gasteiger partial charge in [-0.15, -0.1) is 0 Å². The quantitative estimate of drug-likeness (QED) is 0.153. The third-order valence-electron chi connectivity index (χ3n) is 13.4. The zero-order chi connectivity index (χ0) is 39.4. The van der Waals surface area contributed by atoms with Crippen molar-refractivity contribution in [1.82, 2.24) is 0 Å². The first-order valence-corrected chi connectivity index (χ1v) is 25.4. The molecule has 0 saturated heterocycles. The Labute approximate surface area is 370 Å². The van der Waals surface area contributed by atoms with Crippen LogP contribution in [0, 0.1) is 11.3 Å². The normalized spacial score (nSPS) is 17.6. The topological polar surface area (TPSA) is 0 Å². The van der Waals surface area contributed by atoms with Gasteiger partial charge in [0.1, 0.15) is 0 Å². The summed E-state index contributed by atoms with van der Waals surface area (Å²) in [6.45, 7) is 22.0. The Hall–Kier alpha value is -3.09. The van der Waals surface area contributed by atoms with Crippen LogP contribution in [-0.2, 0) is 32.1 Å². The minimum absolute atomic E-state index is 0. The van der Waals surface area contributed by atoms with Crippen LogP contribution in [0.25, 0.3) is 33.4 Å². The maximum Gasteiger partial charge on any atom is -1.00 e. The van der Waals surface area contributed by atoms with E-state index >= 15 is 0 Å². The molecule has 0 radical (unpaired) electrons. The van der Waals surface area contributed by atoms with Gasteiger partial charge in [0.15, 0.2) is 0 Å². The molecule has 5 aromatic rings. The van der Waals surface area contributed by atoms with Crippen LogP contribution in [0.5, 0.6) is 0 Å². The summed E-state index contributed by atoms with van der Waals surface area (Å²) in [5.41, 5.74) is 17.8. The molecule has 0 N–H and O–H groups in total. The third kappa shape index (κ3) is 8.32. The third-order valence-corrected chi connectivity index (χ3v) is 22.5. The van der Waals surface area contributed by atoms with E-state index in [9.17, 15) is 0 Å². The minimum atomic E-state index is -2.86. The predicted molar refractivity (Wildman–Crippen MR) is 239 cm³/mol. The van der Waals surface area contributed by atoms with Crippen molar-refractivity contribution in [2.75, 3.05) is 0 Å². The smallest absolute Gasteiger partial charge is 1.00 e. The van der Waals surface area contributed by atoms with Crippen molar-refractivity contribution < 1.29 is 46.1 Å². The molecule has 300 valence electrons. The first kappa shape index (κ1) is 44.5. The van der Waals surface area contributed by atoms with Crippen molar-refractivity contribution in [3.8, 4) is 33.4 Å². The molecule has 0 spiro atoms. The molecule has 1 saturated carbocycles. The van der Waals surface area contributed by atoms with Crippen molar-refractivity contribution in [3.63, 3.8) is 0 Å². The van der Waals surface area contributed by atoms with Crippen molar-refractivity contribution in [2.24, 2.45) is 11.3 Å². The number of hydrogen-bond donors (Lipinski definition) is 0. The van der Waals surface area contributed by atoms with Crippen molar-refractivity contribution in [3.05, 3.63) is 164 Å². The Morgan fingerprint density at radius 3 is 1.50 bits per heavy atom. The van der Waals surface area contributed by atoms with E-state index in [1.807, 2.05) is 0 Å². The minimum Gasteiger partial charge on any atom is -1.00 e. The van der Waals surface area contributed by atoms with Crippen LogP contribution in [-0.4, -0.2) is 3.21 Å². The molecular formula is C55H62Cl2Zr. The summed E-state index contributed by atoms with van der Waals surface area (Å²) in [5, 5.41) is 0. The monoisotopic (exact) mass is 882 g/mol. The average Bonchev–Trinajstić information content (AvgIpc) is 3.74. The number of allylic oxidation sites excluding steroid dienone is 4. The van der Waals surface area contributed by atoms with Gasteiger partial charge < -0.3 is 24.8 Å². The molecule has 1 unspecified atom stereocenters. The second-order valence-electron chi connectivity index (χ2n) is 19.4. The van der Waals surface area contributed by atoms with Gasteiger partial charge in [-0.25, -0.2) is 0 Å². The fourth-order valence-electron chi connectivity index (χ4n) is 10.3. The largest absolute Gasteiger partial charge is 1.00 e. The molecule has 3 aliphatic rings. The fraction of sp³-hybridized carbons (Fsp3) is 0.364. The SMILES string of the molecule is CC/[C](c1ccccc1)=[Zr+2](/[C]1=CC(C2(C)CCCCC2)=CC1C)[CH]1c2cc(-c3ccccc3)c(C(C)(C)C)cc2-c2cc(C(C)(C)C)c(-c3ccccc3)cc21.[Cl-].[Cl-]. The van der Waals surface area contributed by atoms with E-state index in [-0.39, 0.29) is 41.1 Å². The van der Waals surface area contributed by atoms with Crippen molar-refractivity contribution >= 4 is 3.21 Å². The average molecular weight is 885 g/mol. The Morgan fingerprint density at radius 2 is 1.07 bits per heavy atom. The van der Waals surface area contributed by atoms with Crippen LogP contribution >= 0.6 is 0 Å². The summed E-state index contributed by atoms with van der Waals surface area (Å²) in [6, 6.07) is 44.7. The molecule has 3 heteroatoms. The van der Waals surface area contributed by atoms with E-state index in [1.165, 1.54) is 82.2 Å². The first-order chi connectivity index (χ1) is 26.8. The molecule has 0 amide bonds. The summed E-state index contributed by atoms with van der Waals surface area (Å²) in [4.78, 5) is 0. The number of halogens is 2. The Balaban J connectivity index is 0.00000283. The van der Waals surface area contributed by atoms with Crippen LogP contribution in [0.15, 0.2) is 136 Å². The number of hydrogen-bond acceptors (Lipinski definition) is 0.